The van der Waals surface area contributed by atoms with Crippen LogP contribution in [-0.4, -0.2) is 60.1 Å². The number of nitrogens with zero attached hydrogens (tertiary/aromatic N) is 2. The maximum atomic E-state index is 12.7. The van der Waals surface area contributed by atoms with Crippen LogP contribution in [0.1, 0.15) is 16.9 Å². The van der Waals surface area contributed by atoms with Gasteiger partial charge in [-0.1, -0.05) is 22.0 Å². The molecule has 2 amide bonds. The quantitative estimate of drug-likeness (QED) is 0.828. The number of hydrogen-bond acceptors (Lipinski definition) is 3. The molecule has 1 saturated heterocycles. The highest BCUT2D eigenvalue weighted by Crippen LogP contribution is 2.21. The second-order valence-electron chi connectivity index (χ2n) is 5.52. The van der Waals surface area contributed by atoms with Crippen LogP contribution in [0.4, 0.5) is 4.79 Å². The molecule has 0 atom stereocenters. The monoisotopic (exact) mass is 379 g/mol. The molecule has 0 bridgehead atoms. The lowest BCUT2D eigenvalue weighted by Crippen LogP contribution is -2.37. The van der Waals surface area contributed by atoms with Crippen molar-refractivity contribution in [3.8, 4) is 0 Å². The molecule has 0 radical (unpaired) electrons. The molecule has 0 aliphatic carbocycles. The summed E-state index contributed by atoms with van der Waals surface area (Å²) in [4.78, 5) is 30.9. The Morgan fingerprint density at radius 3 is 2.65 bits per heavy atom. The SMILES string of the molecule is COC(=O)N1CCCN(C(=O)c2cc3ccc(Br)cc3[nH]2)CC1. The number of rotatable bonds is 1. The van der Waals surface area contributed by atoms with Crippen molar-refractivity contribution < 1.29 is 14.3 Å². The third-order valence-corrected chi connectivity index (χ3v) is 4.52. The van der Waals surface area contributed by atoms with Crippen LogP contribution in [0.2, 0.25) is 0 Å². The smallest absolute Gasteiger partial charge is 0.409 e. The predicted molar refractivity (Wildman–Crippen MR) is 90.5 cm³/mol. The van der Waals surface area contributed by atoms with Crippen LogP contribution in [0, 0.1) is 0 Å². The Bertz CT molecular complexity index is 743. The van der Waals surface area contributed by atoms with Crippen LogP contribution in [0.5, 0.6) is 0 Å². The minimum atomic E-state index is -0.338. The molecule has 1 aromatic heterocycles. The summed E-state index contributed by atoms with van der Waals surface area (Å²) in [6.45, 7) is 2.23. The predicted octanol–water partition coefficient (Wildman–Crippen LogP) is 2.84. The third-order valence-electron chi connectivity index (χ3n) is 4.03. The maximum absolute atomic E-state index is 12.7. The van der Waals surface area contributed by atoms with Gasteiger partial charge in [-0.15, -0.1) is 0 Å². The van der Waals surface area contributed by atoms with E-state index in [4.69, 9.17) is 4.74 Å². The zero-order valence-electron chi connectivity index (χ0n) is 12.8. The van der Waals surface area contributed by atoms with Gasteiger partial charge < -0.3 is 19.5 Å². The lowest BCUT2D eigenvalue weighted by Gasteiger charge is -2.20. The molecule has 1 N–H and O–H groups in total. The molecule has 1 fully saturated rings. The van der Waals surface area contributed by atoms with Gasteiger partial charge in [0.05, 0.1) is 7.11 Å². The van der Waals surface area contributed by atoms with E-state index in [2.05, 4.69) is 20.9 Å². The Kier molecular flexibility index (Phi) is 4.56. The summed E-state index contributed by atoms with van der Waals surface area (Å²) in [5, 5.41) is 1.00. The van der Waals surface area contributed by atoms with Crippen molar-refractivity contribution >= 4 is 38.8 Å². The van der Waals surface area contributed by atoms with E-state index >= 15 is 0 Å². The van der Waals surface area contributed by atoms with Gasteiger partial charge in [-0.05, 0) is 24.6 Å². The van der Waals surface area contributed by atoms with Crippen molar-refractivity contribution in [3.05, 3.63) is 34.4 Å². The van der Waals surface area contributed by atoms with Gasteiger partial charge in [0.1, 0.15) is 5.69 Å². The van der Waals surface area contributed by atoms with E-state index in [0.717, 1.165) is 21.8 Å². The largest absolute Gasteiger partial charge is 0.453 e. The molecule has 0 spiro atoms. The van der Waals surface area contributed by atoms with E-state index in [-0.39, 0.29) is 12.0 Å². The Labute approximate surface area is 142 Å². The zero-order chi connectivity index (χ0) is 16.4. The van der Waals surface area contributed by atoms with Crippen LogP contribution < -0.4 is 0 Å². The fourth-order valence-electron chi connectivity index (χ4n) is 2.82. The van der Waals surface area contributed by atoms with Gasteiger partial charge in [0.25, 0.3) is 5.91 Å². The van der Waals surface area contributed by atoms with Crippen molar-refractivity contribution in [2.75, 3.05) is 33.3 Å². The number of hydrogen-bond donors (Lipinski definition) is 1. The Morgan fingerprint density at radius 1 is 1.13 bits per heavy atom. The Morgan fingerprint density at radius 2 is 1.87 bits per heavy atom. The number of benzene rings is 1. The minimum Gasteiger partial charge on any atom is -0.453 e. The van der Waals surface area contributed by atoms with Crippen LogP contribution >= 0.6 is 15.9 Å². The minimum absolute atomic E-state index is 0.0379. The number of aromatic nitrogens is 1. The fourth-order valence-corrected chi connectivity index (χ4v) is 3.18. The maximum Gasteiger partial charge on any atom is 0.409 e. The number of nitrogens with one attached hydrogen (secondary N) is 1. The summed E-state index contributed by atoms with van der Waals surface area (Å²) >= 11 is 3.43. The number of H-pyrrole nitrogens is 1. The molecule has 2 heterocycles. The van der Waals surface area contributed by atoms with Gasteiger partial charge in [0, 0.05) is 41.6 Å². The first-order valence-corrected chi connectivity index (χ1v) is 8.28. The molecule has 1 aromatic carbocycles. The van der Waals surface area contributed by atoms with Gasteiger partial charge in [0.15, 0.2) is 0 Å². The van der Waals surface area contributed by atoms with Crippen molar-refractivity contribution in [3.63, 3.8) is 0 Å². The molecular formula is C16H18BrN3O3. The summed E-state index contributed by atoms with van der Waals surface area (Å²) in [5.74, 6) is -0.0379. The van der Waals surface area contributed by atoms with Crippen molar-refractivity contribution in [1.82, 2.24) is 14.8 Å². The van der Waals surface area contributed by atoms with E-state index in [0.29, 0.717) is 31.9 Å². The molecule has 1 aliphatic heterocycles. The van der Waals surface area contributed by atoms with Crippen LogP contribution in [0.15, 0.2) is 28.7 Å². The van der Waals surface area contributed by atoms with Gasteiger partial charge in [0.2, 0.25) is 0 Å². The van der Waals surface area contributed by atoms with Crippen molar-refractivity contribution in [2.45, 2.75) is 6.42 Å². The summed E-state index contributed by atoms with van der Waals surface area (Å²) in [7, 11) is 1.37. The number of aromatic amines is 1. The van der Waals surface area contributed by atoms with Gasteiger partial charge in [-0.2, -0.15) is 0 Å². The first kappa shape index (κ1) is 15.9. The number of fused-ring (bicyclic) bond motifs is 1. The van der Waals surface area contributed by atoms with Gasteiger partial charge in [-0.25, -0.2) is 4.79 Å². The Hall–Kier alpha value is -2.02. The molecule has 2 aromatic rings. The normalized spacial score (nSPS) is 15.6. The molecule has 7 heteroatoms. The molecule has 6 nitrogen and oxygen atoms in total. The van der Waals surface area contributed by atoms with Crippen molar-refractivity contribution in [1.29, 1.82) is 0 Å². The highest BCUT2D eigenvalue weighted by molar-refractivity contribution is 9.10. The van der Waals surface area contributed by atoms with E-state index in [9.17, 15) is 9.59 Å². The summed E-state index contributed by atoms with van der Waals surface area (Å²) < 4.78 is 5.72. The number of amides is 2. The summed E-state index contributed by atoms with van der Waals surface area (Å²) in [6, 6.07) is 7.74. The number of halogens is 1. The second kappa shape index (κ2) is 6.62. The highest BCUT2D eigenvalue weighted by Gasteiger charge is 2.24. The van der Waals surface area contributed by atoms with Crippen LogP contribution in [-0.2, 0) is 4.74 Å². The van der Waals surface area contributed by atoms with Gasteiger partial charge in [-0.3, -0.25) is 4.79 Å². The average Bonchev–Trinajstić information content (AvgIpc) is 2.81. The first-order valence-electron chi connectivity index (χ1n) is 7.49. The van der Waals surface area contributed by atoms with E-state index in [1.165, 1.54) is 7.11 Å². The number of ether oxygens (including phenoxy) is 1. The summed E-state index contributed by atoms with van der Waals surface area (Å²) in [6.07, 6.45) is 0.404. The molecule has 122 valence electrons. The number of carbonyl (C=O) groups excluding carboxylic acids is 2. The topological polar surface area (TPSA) is 65.6 Å². The lowest BCUT2D eigenvalue weighted by molar-refractivity contribution is 0.0752. The molecule has 3 rings (SSSR count). The van der Waals surface area contributed by atoms with Crippen molar-refractivity contribution in [2.24, 2.45) is 0 Å². The lowest BCUT2D eigenvalue weighted by atomic mass is 10.2. The molecule has 0 unspecified atom stereocenters. The van der Waals surface area contributed by atoms with E-state index < -0.39 is 0 Å². The third kappa shape index (κ3) is 3.34. The molecular weight excluding hydrogens is 362 g/mol. The van der Waals surface area contributed by atoms with Gasteiger partial charge >= 0.3 is 6.09 Å². The second-order valence-corrected chi connectivity index (χ2v) is 6.43. The molecule has 0 saturated carbocycles. The zero-order valence-corrected chi connectivity index (χ0v) is 14.4. The van der Waals surface area contributed by atoms with Crippen LogP contribution in [0.3, 0.4) is 0 Å². The van der Waals surface area contributed by atoms with E-state index in [1.54, 1.807) is 9.80 Å². The highest BCUT2D eigenvalue weighted by atomic mass is 79.9. The fraction of sp³-hybridized carbons (Fsp3) is 0.375. The van der Waals surface area contributed by atoms with E-state index in [1.807, 2.05) is 24.3 Å². The molecule has 1 aliphatic rings. The standard InChI is InChI=1S/C16H18BrN3O3/c1-23-16(22)20-6-2-5-19(7-8-20)15(21)14-9-11-3-4-12(17)10-13(11)18-14/h3-4,9-10,18H,2,5-8H2,1H3. The molecule has 23 heavy (non-hydrogen) atoms. The van der Waals surface area contributed by atoms with Crippen LogP contribution in [0.25, 0.3) is 10.9 Å². The average molecular weight is 380 g/mol. The first-order chi connectivity index (χ1) is 11.1. The summed E-state index contributed by atoms with van der Waals surface area (Å²) in [5.41, 5.74) is 1.50. The number of methoxy groups -OCH3 is 1. The Balaban J connectivity index is 1.75. The number of carbonyl (C=O) groups is 2.